The molecular weight excluding hydrogens is 232 g/mol. The molecule has 0 saturated carbocycles. The highest BCUT2D eigenvalue weighted by Gasteiger charge is 2.11. The Kier molecular flexibility index (Phi) is 5.57. The van der Waals surface area contributed by atoms with Gasteiger partial charge in [-0.2, -0.15) is 5.10 Å². The minimum atomic E-state index is -0.523. The molecule has 1 rings (SSSR count). The average Bonchev–Trinajstić information content (AvgIpc) is 2.43. The summed E-state index contributed by atoms with van der Waals surface area (Å²) in [6.07, 6.45) is 1.21. The van der Waals surface area contributed by atoms with Crippen LogP contribution < -0.4 is 5.43 Å². The van der Waals surface area contributed by atoms with Crippen molar-refractivity contribution in [3.05, 3.63) is 35.9 Å². The predicted octanol–water partition coefficient (Wildman–Crippen LogP) is 1.75. The molecule has 0 spiro atoms. The zero-order valence-electron chi connectivity index (χ0n) is 10.5. The molecule has 0 radical (unpaired) electrons. The maximum absolute atomic E-state index is 11.7. The molecule has 1 N–H and O–H groups in total. The van der Waals surface area contributed by atoms with E-state index in [0.717, 1.165) is 6.42 Å². The summed E-state index contributed by atoms with van der Waals surface area (Å²) < 4.78 is 4.58. The van der Waals surface area contributed by atoms with Crippen LogP contribution >= 0.6 is 0 Å². The van der Waals surface area contributed by atoms with Crippen LogP contribution in [0.1, 0.15) is 30.1 Å². The summed E-state index contributed by atoms with van der Waals surface area (Å²) in [5, 5.41) is 3.80. The number of nitrogens with one attached hydrogen (secondary N) is 1. The van der Waals surface area contributed by atoms with Gasteiger partial charge in [-0.05, 0) is 18.6 Å². The monoisotopic (exact) mass is 248 g/mol. The lowest BCUT2D eigenvalue weighted by Gasteiger charge is -2.04. The maximum atomic E-state index is 11.7. The number of hydrogen-bond donors (Lipinski definition) is 1. The maximum Gasteiger partial charge on any atom is 0.354 e. The quantitative estimate of drug-likeness (QED) is 0.490. The third kappa shape index (κ3) is 4.01. The molecule has 0 fully saturated rings. The lowest BCUT2D eigenvalue weighted by molar-refractivity contribution is -0.132. The number of carbonyl (C=O) groups is 2. The van der Waals surface area contributed by atoms with Crippen LogP contribution in [-0.2, 0) is 9.53 Å². The molecule has 1 aromatic rings. The molecule has 5 heteroatoms. The predicted molar refractivity (Wildman–Crippen MR) is 68.3 cm³/mol. The van der Waals surface area contributed by atoms with Crippen LogP contribution in [0, 0.1) is 0 Å². The van der Waals surface area contributed by atoms with Gasteiger partial charge in [0.05, 0.1) is 7.11 Å². The zero-order valence-corrected chi connectivity index (χ0v) is 10.5. The van der Waals surface area contributed by atoms with Crippen LogP contribution in [0.2, 0.25) is 0 Å². The fourth-order valence-corrected chi connectivity index (χ4v) is 1.33. The second-order valence-electron chi connectivity index (χ2n) is 3.61. The number of esters is 1. The molecule has 1 amide bonds. The first-order chi connectivity index (χ1) is 8.69. The van der Waals surface area contributed by atoms with Crippen LogP contribution in [-0.4, -0.2) is 24.7 Å². The van der Waals surface area contributed by atoms with E-state index in [1.165, 1.54) is 7.11 Å². The van der Waals surface area contributed by atoms with E-state index >= 15 is 0 Å². The number of methoxy groups -OCH3 is 1. The molecule has 5 nitrogen and oxygen atoms in total. The van der Waals surface area contributed by atoms with Crippen LogP contribution in [0.25, 0.3) is 0 Å². The minimum Gasteiger partial charge on any atom is -0.464 e. The highest BCUT2D eigenvalue weighted by atomic mass is 16.5. The second kappa shape index (κ2) is 7.21. The number of nitrogens with zero attached hydrogens (tertiary/aromatic N) is 1. The van der Waals surface area contributed by atoms with Gasteiger partial charge in [0.25, 0.3) is 5.91 Å². The first-order valence-corrected chi connectivity index (χ1v) is 5.69. The number of ether oxygens (including phenoxy) is 1. The Morgan fingerprint density at radius 3 is 2.50 bits per heavy atom. The summed E-state index contributed by atoms with van der Waals surface area (Å²) in [7, 11) is 1.28. The van der Waals surface area contributed by atoms with Gasteiger partial charge in [0.2, 0.25) is 0 Å². The molecule has 0 aliphatic carbocycles. The van der Waals surface area contributed by atoms with Crippen molar-refractivity contribution in [3.63, 3.8) is 0 Å². The van der Waals surface area contributed by atoms with Crippen molar-refractivity contribution in [3.8, 4) is 0 Å². The minimum absolute atomic E-state index is 0.212. The normalized spacial score (nSPS) is 10.9. The van der Waals surface area contributed by atoms with Crippen molar-refractivity contribution in [1.29, 1.82) is 0 Å². The van der Waals surface area contributed by atoms with E-state index in [2.05, 4.69) is 15.3 Å². The smallest absolute Gasteiger partial charge is 0.354 e. The van der Waals surface area contributed by atoms with Gasteiger partial charge in [0.1, 0.15) is 5.71 Å². The molecule has 1 aromatic carbocycles. The van der Waals surface area contributed by atoms with Gasteiger partial charge < -0.3 is 4.74 Å². The van der Waals surface area contributed by atoms with Gasteiger partial charge in [0, 0.05) is 5.56 Å². The second-order valence-corrected chi connectivity index (χ2v) is 3.61. The molecule has 0 aromatic heterocycles. The van der Waals surface area contributed by atoms with E-state index in [9.17, 15) is 9.59 Å². The van der Waals surface area contributed by atoms with Crippen molar-refractivity contribution in [2.45, 2.75) is 19.8 Å². The van der Waals surface area contributed by atoms with Gasteiger partial charge in [0.15, 0.2) is 0 Å². The number of benzene rings is 1. The highest BCUT2D eigenvalue weighted by Crippen LogP contribution is 1.99. The van der Waals surface area contributed by atoms with E-state index in [-0.39, 0.29) is 11.6 Å². The lowest BCUT2D eigenvalue weighted by atomic mass is 10.2. The molecular formula is C13H16N2O3. The Bertz CT molecular complexity index is 441. The van der Waals surface area contributed by atoms with Crippen molar-refractivity contribution < 1.29 is 14.3 Å². The molecule has 0 bridgehead atoms. The summed E-state index contributed by atoms with van der Waals surface area (Å²) in [5.41, 5.74) is 3.05. The van der Waals surface area contributed by atoms with Crippen LogP contribution in [0.5, 0.6) is 0 Å². The Morgan fingerprint density at radius 2 is 1.94 bits per heavy atom. The third-order valence-corrected chi connectivity index (χ3v) is 2.24. The van der Waals surface area contributed by atoms with Crippen molar-refractivity contribution in [2.75, 3.05) is 7.11 Å². The summed E-state index contributed by atoms with van der Waals surface area (Å²) in [6, 6.07) is 8.67. The van der Waals surface area contributed by atoms with Crippen molar-refractivity contribution >= 4 is 17.6 Å². The van der Waals surface area contributed by atoms with Crippen molar-refractivity contribution in [2.24, 2.45) is 5.10 Å². The Morgan fingerprint density at radius 1 is 1.28 bits per heavy atom. The van der Waals surface area contributed by atoms with E-state index in [4.69, 9.17) is 0 Å². The first-order valence-electron chi connectivity index (χ1n) is 5.69. The number of hydrazone groups is 1. The third-order valence-electron chi connectivity index (χ3n) is 2.24. The van der Waals surface area contributed by atoms with E-state index in [1.807, 2.05) is 13.0 Å². The van der Waals surface area contributed by atoms with Crippen LogP contribution in [0.3, 0.4) is 0 Å². The van der Waals surface area contributed by atoms with Gasteiger partial charge in [-0.25, -0.2) is 10.2 Å². The Labute approximate surface area is 106 Å². The molecule has 0 atom stereocenters. The summed E-state index contributed by atoms with van der Waals surface area (Å²) in [4.78, 5) is 23.0. The zero-order chi connectivity index (χ0) is 13.4. The number of hydrogen-bond acceptors (Lipinski definition) is 4. The molecule has 0 aliphatic heterocycles. The largest absolute Gasteiger partial charge is 0.464 e. The molecule has 0 aliphatic rings. The fraction of sp³-hybridized carbons (Fsp3) is 0.308. The number of amides is 1. The number of carbonyl (C=O) groups excluding carboxylic acids is 2. The molecule has 0 saturated heterocycles. The van der Waals surface area contributed by atoms with Gasteiger partial charge in [-0.15, -0.1) is 0 Å². The lowest BCUT2D eigenvalue weighted by Crippen LogP contribution is -2.24. The SMILES string of the molecule is CCCC(=NNC(=O)c1ccccc1)C(=O)OC. The van der Waals surface area contributed by atoms with Crippen LogP contribution in [0.4, 0.5) is 0 Å². The molecule has 18 heavy (non-hydrogen) atoms. The van der Waals surface area contributed by atoms with Gasteiger partial charge in [-0.1, -0.05) is 31.5 Å². The fourth-order valence-electron chi connectivity index (χ4n) is 1.33. The van der Waals surface area contributed by atoms with Gasteiger partial charge in [-0.3, -0.25) is 4.79 Å². The van der Waals surface area contributed by atoms with Crippen LogP contribution in [0.15, 0.2) is 35.4 Å². The Balaban J connectivity index is 2.71. The molecule has 0 unspecified atom stereocenters. The number of rotatable bonds is 5. The van der Waals surface area contributed by atoms with E-state index < -0.39 is 5.97 Å². The average molecular weight is 248 g/mol. The summed E-state index contributed by atoms with van der Waals surface area (Å²) in [5.74, 6) is -0.877. The standard InChI is InChI=1S/C13H16N2O3/c1-3-7-11(13(17)18-2)14-15-12(16)10-8-5-4-6-9-10/h4-6,8-9H,3,7H2,1-2H3,(H,15,16). The summed E-state index contributed by atoms with van der Waals surface area (Å²) >= 11 is 0. The topological polar surface area (TPSA) is 67.8 Å². The Hall–Kier alpha value is -2.17. The van der Waals surface area contributed by atoms with E-state index in [1.54, 1.807) is 24.3 Å². The van der Waals surface area contributed by atoms with Crippen molar-refractivity contribution in [1.82, 2.24) is 5.43 Å². The van der Waals surface area contributed by atoms with E-state index in [0.29, 0.717) is 12.0 Å². The highest BCUT2D eigenvalue weighted by molar-refractivity contribution is 6.36. The molecule has 0 heterocycles. The van der Waals surface area contributed by atoms with Gasteiger partial charge >= 0.3 is 5.97 Å². The molecule has 96 valence electrons. The summed E-state index contributed by atoms with van der Waals surface area (Å²) in [6.45, 7) is 1.91. The first kappa shape index (κ1) is 13.9.